The molecule has 0 radical (unpaired) electrons. The molecule has 6 heteroatoms. The van der Waals surface area contributed by atoms with Crippen LogP contribution in [0.15, 0.2) is 36.7 Å². The summed E-state index contributed by atoms with van der Waals surface area (Å²) in [5, 5.41) is 6.73. The van der Waals surface area contributed by atoms with Crippen molar-refractivity contribution in [3.63, 3.8) is 0 Å². The smallest absolute Gasteiger partial charge is 0.226 e. The number of rotatable bonds is 8. The molecule has 0 saturated heterocycles. The van der Waals surface area contributed by atoms with E-state index in [0.717, 1.165) is 36.4 Å². The monoisotopic (exact) mass is 338 g/mol. The molecular weight excluding hydrogens is 312 g/mol. The Kier molecular flexibility index (Phi) is 5.48. The number of fused-ring (bicyclic) bond motifs is 1. The molecule has 0 aliphatic carbocycles. The van der Waals surface area contributed by atoms with Crippen LogP contribution in [0.25, 0.3) is 11.2 Å². The highest BCUT2D eigenvalue weighted by Crippen LogP contribution is 2.22. The van der Waals surface area contributed by atoms with Crippen LogP contribution in [-0.2, 0) is 13.1 Å². The van der Waals surface area contributed by atoms with Crippen LogP contribution in [0.3, 0.4) is 0 Å². The fourth-order valence-corrected chi connectivity index (χ4v) is 2.66. The lowest BCUT2D eigenvalue weighted by Gasteiger charge is -2.12. The molecule has 0 atom stereocenters. The fourth-order valence-electron chi connectivity index (χ4n) is 2.66. The van der Waals surface area contributed by atoms with Crippen molar-refractivity contribution in [1.82, 2.24) is 19.5 Å². The summed E-state index contributed by atoms with van der Waals surface area (Å²) in [4.78, 5) is 13.9. The first-order valence-corrected chi connectivity index (χ1v) is 8.94. The number of hydrogen-bond acceptors (Lipinski definition) is 5. The molecule has 132 valence electrons. The second kappa shape index (κ2) is 7.96. The number of hydrogen-bond donors (Lipinski definition) is 2. The number of anilines is 2. The van der Waals surface area contributed by atoms with Gasteiger partial charge in [-0.2, -0.15) is 9.97 Å². The molecule has 1 aromatic carbocycles. The molecule has 3 aromatic rings. The Hall–Kier alpha value is -2.63. The van der Waals surface area contributed by atoms with Crippen molar-refractivity contribution < 1.29 is 0 Å². The maximum atomic E-state index is 4.68. The Labute approximate surface area is 148 Å². The number of aryl methyl sites for hydroxylation is 1. The average Bonchev–Trinajstić information content (AvgIpc) is 3.01. The number of nitrogens with zero attached hydrogens (tertiary/aromatic N) is 4. The molecule has 0 fully saturated rings. The zero-order valence-corrected chi connectivity index (χ0v) is 15.2. The number of imidazole rings is 1. The van der Waals surface area contributed by atoms with Gasteiger partial charge in [0.25, 0.3) is 0 Å². The van der Waals surface area contributed by atoms with Crippen LogP contribution in [0.5, 0.6) is 0 Å². The van der Waals surface area contributed by atoms with Crippen LogP contribution in [0.1, 0.15) is 39.2 Å². The molecule has 2 N–H and O–H groups in total. The van der Waals surface area contributed by atoms with E-state index in [1.165, 1.54) is 5.56 Å². The van der Waals surface area contributed by atoms with Gasteiger partial charge in [0.2, 0.25) is 5.95 Å². The second-order valence-corrected chi connectivity index (χ2v) is 6.50. The normalized spacial score (nSPS) is 11.2. The number of benzene rings is 1. The fraction of sp³-hybridized carbons (Fsp3) is 0.421. The van der Waals surface area contributed by atoms with Gasteiger partial charge in [-0.1, -0.05) is 43.7 Å². The van der Waals surface area contributed by atoms with Crippen LogP contribution >= 0.6 is 0 Å². The molecule has 6 nitrogen and oxygen atoms in total. The minimum Gasteiger partial charge on any atom is -0.364 e. The lowest BCUT2D eigenvalue weighted by atomic mass is 10.2. The van der Waals surface area contributed by atoms with Crippen molar-refractivity contribution in [3.8, 4) is 0 Å². The quantitative estimate of drug-likeness (QED) is 0.648. The van der Waals surface area contributed by atoms with Gasteiger partial charge in [-0.05, 0) is 25.8 Å². The van der Waals surface area contributed by atoms with E-state index in [1.807, 2.05) is 24.5 Å². The van der Waals surface area contributed by atoms with E-state index >= 15 is 0 Å². The molecule has 0 unspecified atom stereocenters. The molecule has 0 amide bonds. The molecule has 3 rings (SSSR count). The molecule has 0 bridgehead atoms. The first kappa shape index (κ1) is 17.2. The molecule has 0 saturated carbocycles. The second-order valence-electron chi connectivity index (χ2n) is 6.50. The summed E-state index contributed by atoms with van der Waals surface area (Å²) in [5.41, 5.74) is 2.90. The Morgan fingerprint density at radius 3 is 2.64 bits per heavy atom. The zero-order valence-electron chi connectivity index (χ0n) is 15.2. The average molecular weight is 338 g/mol. The van der Waals surface area contributed by atoms with Gasteiger partial charge in [0.05, 0.1) is 6.33 Å². The van der Waals surface area contributed by atoms with Crippen LogP contribution in [0.2, 0.25) is 0 Å². The van der Waals surface area contributed by atoms with E-state index in [1.54, 1.807) is 0 Å². The lowest BCUT2D eigenvalue weighted by Crippen LogP contribution is -2.14. The largest absolute Gasteiger partial charge is 0.364 e. The van der Waals surface area contributed by atoms with Crippen molar-refractivity contribution in [2.45, 2.75) is 52.7 Å². The molecule has 2 heterocycles. The third-order valence-corrected chi connectivity index (χ3v) is 3.94. The van der Waals surface area contributed by atoms with Gasteiger partial charge >= 0.3 is 0 Å². The number of aromatic nitrogens is 4. The van der Waals surface area contributed by atoms with Crippen molar-refractivity contribution in [2.75, 3.05) is 10.6 Å². The Bertz CT molecular complexity index is 809. The van der Waals surface area contributed by atoms with Crippen LogP contribution < -0.4 is 10.6 Å². The predicted octanol–water partition coefficient (Wildman–Crippen LogP) is 4.06. The topological polar surface area (TPSA) is 67.7 Å². The highest BCUT2D eigenvalue weighted by atomic mass is 15.2. The first-order valence-electron chi connectivity index (χ1n) is 8.94. The first-order chi connectivity index (χ1) is 12.2. The summed E-state index contributed by atoms with van der Waals surface area (Å²) >= 11 is 0. The maximum absolute atomic E-state index is 4.68. The molecule has 0 spiro atoms. The predicted molar refractivity (Wildman–Crippen MR) is 103 cm³/mol. The van der Waals surface area contributed by atoms with Crippen molar-refractivity contribution in [1.29, 1.82) is 0 Å². The van der Waals surface area contributed by atoms with Gasteiger partial charge in [-0.15, -0.1) is 0 Å². The summed E-state index contributed by atoms with van der Waals surface area (Å²) in [5.74, 6) is 1.41. The van der Waals surface area contributed by atoms with E-state index < -0.39 is 0 Å². The minimum absolute atomic E-state index is 0.270. The van der Waals surface area contributed by atoms with Crippen molar-refractivity contribution >= 4 is 22.9 Å². The van der Waals surface area contributed by atoms with Gasteiger partial charge in [0.1, 0.15) is 0 Å². The molecule has 25 heavy (non-hydrogen) atoms. The van der Waals surface area contributed by atoms with E-state index in [-0.39, 0.29) is 6.04 Å². The van der Waals surface area contributed by atoms with E-state index in [4.69, 9.17) is 0 Å². The van der Waals surface area contributed by atoms with E-state index in [9.17, 15) is 0 Å². The minimum atomic E-state index is 0.270. The third kappa shape index (κ3) is 4.26. The van der Waals surface area contributed by atoms with Crippen molar-refractivity contribution in [2.24, 2.45) is 0 Å². The Morgan fingerprint density at radius 2 is 1.92 bits per heavy atom. The standard InChI is InChI=1S/C19H26N6/c1-4-5-11-25-13-21-16-17(20-12-15-9-7-6-8-10-15)23-19(22-14(2)3)24-18(16)25/h6-10,13-14H,4-5,11-12H2,1-3H3,(H2,20,22,23,24). The molecule has 0 aliphatic heterocycles. The lowest BCUT2D eigenvalue weighted by molar-refractivity contribution is 0.641. The summed E-state index contributed by atoms with van der Waals surface area (Å²) < 4.78 is 2.11. The summed E-state index contributed by atoms with van der Waals surface area (Å²) in [6.45, 7) is 7.98. The van der Waals surface area contributed by atoms with E-state index in [0.29, 0.717) is 12.5 Å². The Morgan fingerprint density at radius 1 is 1.12 bits per heavy atom. The van der Waals surface area contributed by atoms with Gasteiger partial charge < -0.3 is 15.2 Å². The molecule has 2 aromatic heterocycles. The number of unbranched alkanes of at least 4 members (excludes halogenated alkanes) is 1. The van der Waals surface area contributed by atoms with Crippen molar-refractivity contribution in [3.05, 3.63) is 42.2 Å². The maximum Gasteiger partial charge on any atom is 0.226 e. The van der Waals surface area contributed by atoms with Crippen LogP contribution in [0.4, 0.5) is 11.8 Å². The summed E-state index contributed by atoms with van der Waals surface area (Å²) in [6.07, 6.45) is 4.11. The van der Waals surface area contributed by atoms with Gasteiger partial charge in [-0.3, -0.25) is 0 Å². The summed E-state index contributed by atoms with van der Waals surface area (Å²) in [6, 6.07) is 10.6. The highest BCUT2D eigenvalue weighted by Gasteiger charge is 2.13. The third-order valence-electron chi connectivity index (χ3n) is 3.94. The zero-order chi connectivity index (χ0) is 17.6. The number of nitrogens with one attached hydrogen (secondary N) is 2. The van der Waals surface area contributed by atoms with Gasteiger partial charge in [-0.25, -0.2) is 4.98 Å². The Balaban J connectivity index is 1.92. The molecular formula is C19H26N6. The highest BCUT2D eigenvalue weighted by molar-refractivity contribution is 5.84. The van der Waals surface area contributed by atoms with E-state index in [2.05, 4.69) is 63.1 Å². The van der Waals surface area contributed by atoms with Crippen LogP contribution in [0, 0.1) is 0 Å². The molecule has 0 aliphatic rings. The summed E-state index contributed by atoms with van der Waals surface area (Å²) in [7, 11) is 0. The SMILES string of the molecule is CCCCn1cnc2c(NCc3ccccc3)nc(NC(C)C)nc21. The van der Waals surface area contributed by atoms with Crippen LogP contribution in [-0.4, -0.2) is 25.6 Å². The van der Waals surface area contributed by atoms with Gasteiger partial charge in [0, 0.05) is 19.1 Å². The van der Waals surface area contributed by atoms with Gasteiger partial charge in [0.15, 0.2) is 17.0 Å².